The van der Waals surface area contributed by atoms with E-state index >= 15 is 0 Å². The minimum Gasteiger partial charge on any atom is -0.380 e. The lowest BCUT2D eigenvalue weighted by Gasteiger charge is -2.09. The van der Waals surface area contributed by atoms with Gasteiger partial charge in [-0.1, -0.05) is 35.8 Å². The Labute approximate surface area is 88.4 Å². The van der Waals surface area contributed by atoms with Crippen LogP contribution in [0, 0.1) is 6.92 Å². The first-order valence-corrected chi connectivity index (χ1v) is 4.69. The van der Waals surface area contributed by atoms with Crippen molar-refractivity contribution in [3.8, 4) is 0 Å². The maximum Gasteiger partial charge on any atom is 0.0502 e. The van der Waals surface area contributed by atoms with Crippen LogP contribution in [0.15, 0.2) is 29.8 Å². The van der Waals surface area contributed by atoms with Crippen LogP contribution < -0.4 is 5.32 Å². The molecule has 1 aromatic rings. The maximum atomic E-state index is 5.93. The molecule has 0 spiro atoms. The average Bonchev–Trinajstić information content (AvgIpc) is 2.07. The molecule has 1 nitrogen and oxygen atoms in total. The van der Waals surface area contributed by atoms with Gasteiger partial charge in [0.2, 0.25) is 0 Å². The molecule has 1 rings (SSSR count). The number of halogens is 2. The van der Waals surface area contributed by atoms with Crippen molar-refractivity contribution in [1.82, 2.24) is 0 Å². The highest BCUT2D eigenvalue weighted by Crippen LogP contribution is 2.22. The highest BCUT2D eigenvalue weighted by Gasteiger charge is 2.00. The molecular weight excluding hydrogens is 205 g/mol. The Kier molecular flexibility index (Phi) is 3.64. The standard InChI is InChI=1S/C10H11Cl2N/c1-7(11)6-13-10-5-3-4-9(12)8(10)2/h3-5,13H,1,6H2,2H3. The molecule has 70 valence electrons. The quantitative estimate of drug-likeness (QED) is 0.809. The van der Waals surface area contributed by atoms with Gasteiger partial charge in [-0.25, -0.2) is 0 Å². The lowest BCUT2D eigenvalue weighted by Crippen LogP contribution is -2.02. The summed E-state index contributed by atoms with van der Waals surface area (Å²) in [4.78, 5) is 0. The maximum absolute atomic E-state index is 5.93. The molecule has 0 aromatic heterocycles. The van der Waals surface area contributed by atoms with Gasteiger partial charge in [-0.2, -0.15) is 0 Å². The van der Waals surface area contributed by atoms with Crippen LogP contribution in [0.5, 0.6) is 0 Å². The van der Waals surface area contributed by atoms with E-state index in [4.69, 9.17) is 23.2 Å². The Hall–Kier alpha value is -0.660. The van der Waals surface area contributed by atoms with Crippen LogP contribution in [0.4, 0.5) is 5.69 Å². The van der Waals surface area contributed by atoms with Gasteiger partial charge in [-0.15, -0.1) is 0 Å². The zero-order valence-corrected chi connectivity index (χ0v) is 8.91. The third kappa shape index (κ3) is 2.94. The molecule has 0 atom stereocenters. The minimum absolute atomic E-state index is 0.558. The summed E-state index contributed by atoms with van der Waals surface area (Å²) in [6.45, 7) is 6.11. The van der Waals surface area contributed by atoms with Crippen LogP contribution in [0.1, 0.15) is 5.56 Å². The fraction of sp³-hybridized carbons (Fsp3) is 0.200. The number of nitrogens with one attached hydrogen (secondary N) is 1. The van der Waals surface area contributed by atoms with Crippen molar-refractivity contribution < 1.29 is 0 Å². The lowest BCUT2D eigenvalue weighted by atomic mass is 10.2. The van der Waals surface area contributed by atoms with E-state index in [1.165, 1.54) is 0 Å². The van der Waals surface area contributed by atoms with Gasteiger partial charge in [-0.05, 0) is 24.6 Å². The summed E-state index contributed by atoms with van der Waals surface area (Å²) in [5.74, 6) is 0. The number of rotatable bonds is 3. The highest BCUT2D eigenvalue weighted by molar-refractivity contribution is 6.31. The molecule has 0 unspecified atom stereocenters. The molecule has 0 aliphatic heterocycles. The molecule has 0 saturated heterocycles. The Morgan fingerprint density at radius 1 is 1.54 bits per heavy atom. The van der Waals surface area contributed by atoms with Gasteiger partial charge < -0.3 is 5.32 Å². The molecule has 3 heteroatoms. The van der Waals surface area contributed by atoms with E-state index in [-0.39, 0.29) is 0 Å². The van der Waals surface area contributed by atoms with Gasteiger partial charge in [0.25, 0.3) is 0 Å². The summed E-state index contributed by atoms with van der Waals surface area (Å²) >= 11 is 11.6. The summed E-state index contributed by atoms with van der Waals surface area (Å²) in [6.07, 6.45) is 0. The Balaban J connectivity index is 2.77. The summed E-state index contributed by atoms with van der Waals surface area (Å²) in [6, 6.07) is 5.72. The summed E-state index contributed by atoms with van der Waals surface area (Å²) < 4.78 is 0. The highest BCUT2D eigenvalue weighted by atomic mass is 35.5. The number of hydrogen-bond donors (Lipinski definition) is 1. The predicted molar refractivity (Wildman–Crippen MR) is 59.7 cm³/mol. The largest absolute Gasteiger partial charge is 0.380 e. The monoisotopic (exact) mass is 215 g/mol. The van der Waals surface area contributed by atoms with Crippen molar-refractivity contribution in [3.63, 3.8) is 0 Å². The van der Waals surface area contributed by atoms with Crippen molar-refractivity contribution in [2.45, 2.75) is 6.92 Å². The van der Waals surface area contributed by atoms with E-state index in [9.17, 15) is 0 Å². The molecule has 0 radical (unpaired) electrons. The zero-order chi connectivity index (χ0) is 9.84. The number of anilines is 1. The first kappa shape index (κ1) is 10.4. The first-order valence-electron chi connectivity index (χ1n) is 3.93. The summed E-state index contributed by atoms with van der Waals surface area (Å²) in [7, 11) is 0. The van der Waals surface area contributed by atoms with Gasteiger partial charge in [0.1, 0.15) is 0 Å². The van der Waals surface area contributed by atoms with Crippen LogP contribution >= 0.6 is 23.2 Å². The fourth-order valence-electron chi connectivity index (χ4n) is 0.990. The molecule has 0 aliphatic rings. The van der Waals surface area contributed by atoms with Crippen molar-refractivity contribution in [1.29, 1.82) is 0 Å². The van der Waals surface area contributed by atoms with Crippen LogP contribution in [0.2, 0.25) is 5.02 Å². The topological polar surface area (TPSA) is 12.0 Å². The molecule has 0 saturated carbocycles. The molecule has 0 bridgehead atoms. The normalized spacial score (nSPS) is 9.77. The van der Waals surface area contributed by atoms with Crippen molar-refractivity contribution in [3.05, 3.63) is 40.4 Å². The molecule has 0 amide bonds. The van der Waals surface area contributed by atoms with Crippen LogP contribution in [0.3, 0.4) is 0 Å². The van der Waals surface area contributed by atoms with Crippen LogP contribution in [-0.4, -0.2) is 6.54 Å². The van der Waals surface area contributed by atoms with Crippen molar-refractivity contribution >= 4 is 28.9 Å². The minimum atomic E-state index is 0.558. The van der Waals surface area contributed by atoms with Gasteiger partial charge in [0.15, 0.2) is 0 Å². The van der Waals surface area contributed by atoms with Gasteiger partial charge >= 0.3 is 0 Å². The molecule has 1 aromatic carbocycles. The van der Waals surface area contributed by atoms with E-state index in [2.05, 4.69) is 11.9 Å². The number of benzene rings is 1. The smallest absolute Gasteiger partial charge is 0.0502 e. The molecule has 0 heterocycles. The molecule has 13 heavy (non-hydrogen) atoms. The van der Waals surface area contributed by atoms with Gasteiger partial charge in [0.05, 0.1) is 6.54 Å². The lowest BCUT2D eigenvalue weighted by molar-refractivity contribution is 1.29. The summed E-state index contributed by atoms with van der Waals surface area (Å²) in [5, 5.41) is 4.47. The van der Waals surface area contributed by atoms with Crippen LogP contribution in [-0.2, 0) is 0 Å². The second-order valence-electron chi connectivity index (χ2n) is 2.78. The molecule has 0 fully saturated rings. The number of hydrogen-bond acceptors (Lipinski definition) is 1. The Bertz CT molecular complexity index is 321. The average molecular weight is 216 g/mol. The third-order valence-electron chi connectivity index (χ3n) is 1.74. The Morgan fingerprint density at radius 2 is 2.23 bits per heavy atom. The van der Waals surface area contributed by atoms with E-state index in [1.54, 1.807) is 0 Å². The van der Waals surface area contributed by atoms with E-state index in [1.807, 2.05) is 25.1 Å². The Morgan fingerprint density at radius 3 is 2.85 bits per heavy atom. The predicted octanol–water partition coefficient (Wildman–Crippen LogP) is 3.81. The molecule has 0 aliphatic carbocycles. The zero-order valence-electron chi connectivity index (χ0n) is 7.40. The van der Waals surface area contributed by atoms with Crippen LogP contribution in [0.25, 0.3) is 0 Å². The van der Waals surface area contributed by atoms with Crippen molar-refractivity contribution in [2.24, 2.45) is 0 Å². The van der Waals surface area contributed by atoms with Crippen molar-refractivity contribution in [2.75, 3.05) is 11.9 Å². The van der Waals surface area contributed by atoms with E-state index in [0.29, 0.717) is 11.6 Å². The van der Waals surface area contributed by atoms with Gasteiger partial charge in [-0.3, -0.25) is 0 Å². The van der Waals surface area contributed by atoms with Gasteiger partial charge in [0, 0.05) is 15.7 Å². The third-order valence-corrected chi connectivity index (χ3v) is 2.28. The van der Waals surface area contributed by atoms with E-state index < -0.39 is 0 Å². The summed E-state index contributed by atoms with van der Waals surface area (Å²) in [5.41, 5.74) is 2.02. The molecule has 1 N–H and O–H groups in total. The second-order valence-corrected chi connectivity index (χ2v) is 3.72. The second kappa shape index (κ2) is 4.54. The molecular formula is C10H11Cl2N. The SMILES string of the molecule is C=C(Cl)CNc1cccc(Cl)c1C. The fourth-order valence-corrected chi connectivity index (χ4v) is 1.23. The first-order chi connectivity index (χ1) is 6.11. The van der Waals surface area contributed by atoms with E-state index in [0.717, 1.165) is 16.3 Å².